The Bertz CT molecular complexity index is 343. The maximum absolute atomic E-state index is 3.29. The van der Waals surface area contributed by atoms with Gasteiger partial charge in [0.1, 0.15) is 0 Å². The molecule has 0 aromatic heterocycles. The van der Waals surface area contributed by atoms with E-state index in [1.807, 2.05) is 13.1 Å². The number of hydrogen-bond acceptors (Lipinski definition) is 1. The van der Waals surface area contributed by atoms with E-state index < -0.39 is 0 Å². The second-order valence-corrected chi connectivity index (χ2v) is 4.45. The van der Waals surface area contributed by atoms with Crippen molar-refractivity contribution < 1.29 is 0 Å². The van der Waals surface area contributed by atoms with Crippen LogP contribution in [0.5, 0.6) is 0 Å². The molecule has 0 aliphatic carbocycles. The zero-order valence-corrected chi connectivity index (χ0v) is 10.5. The molecule has 16 heavy (non-hydrogen) atoms. The fraction of sp³-hybridized carbons (Fsp3) is 0.467. The Labute approximate surface area is 99.3 Å². The Balaban J connectivity index is 2.47. The van der Waals surface area contributed by atoms with Gasteiger partial charge in [-0.2, -0.15) is 0 Å². The number of benzene rings is 1. The molecule has 86 valence electrons. The molecule has 1 atom stereocenters. The van der Waals surface area contributed by atoms with Crippen molar-refractivity contribution in [1.29, 1.82) is 0 Å². The quantitative estimate of drug-likeness (QED) is 0.762. The van der Waals surface area contributed by atoms with Crippen molar-refractivity contribution in [3.8, 4) is 11.8 Å². The molecule has 0 saturated heterocycles. The van der Waals surface area contributed by atoms with Gasteiger partial charge in [-0.1, -0.05) is 56.0 Å². The summed E-state index contributed by atoms with van der Waals surface area (Å²) in [4.78, 5) is 0. The summed E-state index contributed by atoms with van der Waals surface area (Å²) in [5.41, 5.74) is 1.29. The van der Waals surface area contributed by atoms with E-state index in [1.54, 1.807) is 0 Å². The molecule has 0 radical (unpaired) electrons. The van der Waals surface area contributed by atoms with Gasteiger partial charge in [0.05, 0.1) is 6.04 Å². The first kappa shape index (κ1) is 12.8. The molecule has 1 aromatic rings. The van der Waals surface area contributed by atoms with Gasteiger partial charge in [0.15, 0.2) is 0 Å². The van der Waals surface area contributed by atoms with E-state index in [2.05, 4.69) is 55.3 Å². The second kappa shape index (κ2) is 7.09. The van der Waals surface area contributed by atoms with Crippen LogP contribution in [0.25, 0.3) is 0 Å². The summed E-state index contributed by atoms with van der Waals surface area (Å²) in [5.74, 6) is 7.22. The predicted molar refractivity (Wildman–Crippen MR) is 70.2 cm³/mol. The number of rotatable bonds is 4. The van der Waals surface area contributed by atoms with Crippen LogP contribution in [0, 0.1) is 17.8 Å². The Hall–Kier alpha value is -1.26. The van der Waals surface area contributed by atoms with Crippen LogP contribution in [-0.2, 0) is 6.42 Å². The lowest BCUT2D eigenvalue weighted by atomic mass is 10.0. The lowest BCUT2D eigenvalue weighted by Gasteiger charge is -2.11. The molecule has 1 unspecified atom stereocenters. The lowest BCUT2D eigenvalue weighted by molar-refractivity contribution is 0.509. The molecule has 0 aliphatic heterocycles. The summed E-state index contributed by atoms with van der Waals surface area (Å²) in [6.45, 7) is 4.45. The fourth-order valence-electron chi connectivity index (χ4n) is 1.59. The zero-order valence-electron chi connectivity index (χ0n) is 10.5. The summed E-state index contributed by atoms with van der Waals surface area (Å²) in [7, 11) is 1.98. The van der Waals surface area contributed by atoms with E-state index in [9.17, 15) is 0 Å². The van der Waals surface area contributed by atoms with Crippen LogP contribution in [0.4, 0.5) is 0 Å². The van der Waals surface area contributed by atoms with Crippen molar-refractivity contribution in [2.75, 3.05) is 7.05 Å². The van der Waals surface area contributed by atoms with Crippen molar-refractivity contribution in [1.82, 2.24) is 5.32 Å². The summed E-state index contributed by atoms with van der Waals surface area (Å²) < 4.78 is 0. The average Bonchev–Trinajstić information content (AvgIpc) is 2.28. The highest BCUT2D eigenvalue weighted by atomic mass is 14.9. The van der Waals surface area contributed by atoms with Gasteiger partial charge in [-0.25, -0.2) is 0 Å². The summed E-state index contributed by atoms with van der Waals surface area (Å²) in [6.07, 6.45) is 1.95. The van der Waals surface area contributed by atoms with Crippen molar-refractivity contribution in [3.63, 3.8) is 0 Å². The summed E-state index contributed by atoms with van der Waals surface area (Å²) in [6, 6.07) is 10.7. The fourth-order valence-corrected chi connectivity index (χ4v) is 1.59. The minimum atomic E-state index is 0.323. The molecular formula is C15H21N. The SMILES string of the molecule is CNC(C#CCc1ccccc1)CC(C)C. The van der Waals surface area contributed by atoms with E-state index in [4.69, 9.17) is 0 Å². The normalized spacial score (nSPS) is 12.0. The van der Waals surface area contributed by atoms with Crippen LogP contribution in [0.15, 0.2) is 30.3 Å². The molecule has 0 aliphatic rings. The van der Waals surface area contributed by atoms with E-state index >= 15 is 0 Å². The van der Waals surface area contributed by atoms with Gasteiger partial charge in [-0.05, 0) is 24.9 Å². The van der Waals surface area contributed by atoms with Crippen molar-refractivity contribution in [2.24, 2.45) is 5.92 Å². The monoisotopic (exact) mass is 215 g/mol. The van der Waals surface area contributed by atoms with Crippen molar-refractivity contribution in [3.05, 3.63) is 35.9 Å². The highest BCUT2D eigenvalue weighted by Gasteiger charge is 2.03. The standard InChI is InChI=1S/C15H21N/c1-13(2)12-15(16-3)11-7-10-14-8-5-4-6-9-14/h4-6,8-9,13,15-16H,10,12H2,1-3H3. The predicted octanol–water partition coefficient (Wildman–Crippen LogP) is 2.87. The van der Waals surface area contributed by atoms with Gasteiger partial charge in [0, 0.05) is 6.42 Å². The molecule has 0 spiro atoms. The van der Waals surface area contributed by atoms with Crippen LogP contribution in [0.2, 0.25) is 0 Å². The Morgan fingerprint density at radius 1 is 1.19 bits per heavy atom. The first-order valence-corrected chi connectivity index (χ1v) is 5.92. The van der Waals surface area contributed by atoms with Gasteiger partial charge in [-0.15, -0.1) is 0 Å². The summed E-state index contributed by atoms with van der Waals surface area (Å²) >= 11 is 0. The third-order valence-corrected chi connectivity index (χ3v) is 2.47. The molecule has 0 fully saturated rings. The molecule has 1 aromatic carbocycles. The molecule has 1 nitrogen and oxygen atoms in total. The minimum absolute atomic E-state index is 0.323. The lowest BCUT2D eigenvalue weighted by Crippen LogP contribution is -2.24. The minimum Gasteiger partial charge on any atom is -0.307 e. The molecule has 1 rings (SSSR count). The van der Waals surface area contributed by atoms with Crippen molar-refractivity contribution in [2.45, 2.75) is 32.7 Å². The highest BCUT2D eigenvalue weighted by Crippen LogP contribution is 2.03. The third-order valence-electron chi connectivity index (χ3n) is 2.47. The van der Waals surface area contributed by atoms with E-state index in [1.165, 1.54) is 5.56 Å². The van der Waals surface area contributed by atoms with E-state index in [0.717, 1.165) is 12.8 Å². The van der Waals surface area contributed by atoms with E-state index in [-0.39, 0.29) is 0 Å². The molecule has 0 amide bonds. The molecular weight excluding hydrogens is 194 g/mol. The maximum Gasteiger partial charge on any atom is 0.0689 e. The Kier molecular flexibility index (Phi) is 5.67. The number of nitrogens with one attached hydrogen (secondary N) is 1. The van der Waals surface area contributed by atoms with Crippen molar-refractivity contribution >= 4 is 0 Å². The van der Waals surface area contributed by atoms with Gasteiger partial charge in [0.2, 0.25) is 0 Å². The van der Waals surface area contributed by atoms with Crippen LogP contribution in [0.1, 0.15) is 25.8 Å². The van der Waals surface area contributed by atoms with Gasteiger partial charge < -0.3 is 5.32 Å². The third kappa shape index (κ3) is 5.00. The molecule has 1 heteroatoms. The first-order valence-electron chi connectivity index (χ1n) is 5.92. The van der Waals surface area contributed by atoms with Gasteiger partial charge in [0.25, 0.3) is 0 Å². The van der Waals surface area contributed by atoms with Crippen LogP contribution in [-0.4, -0.2) is 13.1 Å². The topological polar surface area (TPSA) is 12.0 Å². The Morgan fingerprint density at radius 2 is 1.88 bits per heavy atom. The first-order chi connectivity index (χ1) is 7.72. The summed E-state index contributed by atoms with van der Waals surface area (Å²) in [5, 5.41) is 3.25. The van der Waals surface area contributed by atoms with Gasteiger partial charge >= 0.3 is 0 Å². The smallest absolute Gasteiger partial charge is 0.0689 e. The second-order valence-electron chi connectivity index (χ2n) is 4.45. The molecule has 1 N–H and O–H groups in total. The largest absolute Gasteiger partial charge is 0.307 e. The molecule has 0 saturated carbocycles. The average molecular weight is 215 g/mol. The maximum atomic E-state index is 3.29. The molecule has 0 heterocycles. The highest BCUT2D eigenvalue weighted by molar-refractivity contribution is 5.21. The Morgan fingerprint density at radius 3 is 2.44 bits per heavy atom. The van der Waals surface area contributed by atoms with Crippen LogP contribution in [0.3, 0.4) is 0 Å². The van der Waals surface area contributed by atoms with Crippen LogP contribution < -0.4 is 5.32 Å². The van der Waals surface area contributed by atoms with Crippen LogP contribution >= 0.6 is 0 Å². The molecule has 0 bridgehead atoms. The zero-order chi connectivity index (χ0) is 11.8. The van der Waals surface area contributed by atoms with Gasteiger partial charge in [-0.3, -0.25) is 0 Å². The van der Waals surface area contributed by atoms with E-state index in [0.29, 0.717) is 12.0 Å². The number of hydrogen-bond donors (Lipinski definition) is 1.